The summed E-state index contributed by atoms with van der Waals surface area (Å²) in [6, 6.07) is -0.181. The molecule has 0 spiro atoms. The van der Waals surface area contributed by atoms with Crippen LogP contribution < -0.4 is 4.72 Å². The van der Waals surface area contributed by atoms with Crippen molar-refractivity contribution in [1.82, 2.24) is 4.72 Å². The minimum atomic E-state index is -3.70. The number of rotatable bonds is 4. The molecule has 2 aliphatic heterocycles. The van der Waals surface area contributed by atoms with Crippen LogP contribution in [0, 0.1) is 13.8 Å². The molecule has 1 aromatic rings. The zero-order valence-electron chi connectivity index (χ0n) is 11.5. The maximum atomic E-state index is 12.5. The Morgan fingerprint density at radius 2 is 2.05 bits per heavy atom. The highest BCUT2D eigenvalue weighted by atomic mass is 32.2. The Kier molecular flexibility index (Phi) is 3.40. The highest BCUT2D eigenvalue weighted by molar-refractivity contribution is 7.89. The fourth-order valence-corrected chi connectivity index (χ4v) is 4.98. The summed E-state index contributed by atoms with van der Waals surface area (Å²) in [6.07, 6.45) is 2.77. The van der Waals surface area contributed by atoms with E-state index in [0.29, 0.717) is 23.5 Å². The first-order chi connectivity index (χ1) is 9.42. The molecular weight excluding hydrogens is 282 g/mol. The first-order valence-corrected chi connectivity index (χ1v) is 8.28. The fourth-order valence-electron chi connectivity index (χ4n) is 3.26. The minimum Gasteiger partial charge on any atom is -0.465 e. The van der Waals surface area contributed by atoms with Crippen LogP contribution >= 0.6 is 0 Å². The molecule has 0 aliphatic carbocycles. The molecule has 20 heavy (non-hydrogen) atoms. The van der Waals surface area contributed by atoms with Gasteiger partial charge in [-0.25, -0.2) is 13.1 Å². The molecule has 2 N–H and O–H groups in total. The van der Waals surface area contributed by atoms with Crippen molar-refractivity contribution in [1.29, 1.82) is 0 Å². The number of nitrogens with one attached hydrogen (secondary N) is 1. The second kappa shape index (κ2) is 4.84. The Labute approximate surface area is 118 Å². The van der Waals surface area contributed by atoms with E-state index < -0.39 is 10.0 Å². The molecule has 3 rings (SSSR count). The summed E-state index contributed by atoms with van der Waals surface area (Å²) in [4.78, 5) is 0.0697. The molecule has 2 aliphatic rings. The Hall–Kier alpha value is -0.890. The van der Waals surface area contributed by atoms with E-state index in [4.69, 9.17) is 9.15 Å². The Morgan fingerprint density at radius 3 is 2.60 bits per heavy atom. The summed E-state index contributed by atoms with van der Waals surface area (Å²) in [5, 5.41) is 9.37. The number of aliphatic hydroxyl groups is 1. The van der Waals surface area contributed by atoms with Gasteiger partial charge in [0.15, 0.2) is 0 Å². The summed E-state index contributed by atoms with van der Waals surface area (Å²) < 4.78 is 38.8. The van der Waals surface area contributed by atoms with E-state index in [1.807, 2.05) is 0 Å². The number of fused-ring (bicyclic) bond motifs is 2. The van der Waals surface area contributed by atoms with Crippen molar-refractivity contribution in [3.05, 3.63) is 17.1 Å². The number of furan rings is 1. The molecule has 0 saturated carbocycles. The summed E-state index contributed by atoms with van der Waals surface area (Å²) in [7, 11) is -3.70. The highest BCUT2D eigenvalue weighted by Gasteiger charge is 2.43. The molecule has 0 radical (unpaired) electrons. The van der Waals surface area contributed by atoms with Crippen LogP contribution in [0.4, 0.5) is 0 Å². The second-order valence-corrected chi connectivity index (χ2v) is 7.17. The van der Waals surface area contributed by atoms with Crippen molar-refractivity contribution >= 4 is 10.0 Å². The normalized spacial score (nSPS) is 29.2. The summed E-state index contributed by atoms with van der Waals surface area (Å²) in [6.45, 7) is 2.89. The average Bonchev–Trinajstić information content (AvgIpc) is 3.02. The van der Waals surface area contributed by atoms with E-state index in [1.54, 1.807) is 13.8 Å². The van der Waals surface area contributed by atoms with Gasteiger partial charge in [0.25, 0.3) is 0 Å². The van der Waals surface area contributed by atoms with Crippen LogP contribution in [0.15, 0.2) is 9.31 Å². The lowest BCUT2D eigenvalue weighted by Gasteiger charge is -2.20. The number of aliphatic hydroxyl groups excluding tert-OH is 1. The van der Waals surface area contributed by atoms with Gasteiger partial charge in [-0.3, -0.25) is 0 Å². The zero-order valence-corrected chi connectivity index (χ0v) is 12.4. The van der Waals surface area contributed by atoms with Crippen molar-refractivity contribution in [2.24, 2.45) is 0 Å². The predicted molar refractivity (Wildman–Crippen MR) is 70.7 cm³/mol. The van der Waals surface area contributed by atoms with E-state index in [-0.39, 0.29) is 29.8 Å². The highest BCUT2D eigenvalue weighted by Crippen LogP contribution is 2.36. The first-order valence-electron chi connectivity index (χ1n) is 6.80. The molecule has 0 amide bonds. The summed E-state index contributed by atoms with van der Waals surface area (Å²) in [5.41, 5.74) is 0.332. The minimum absolute atomic E-state index is 0.0272. The molecule has 7 heteroatoms. The SMILES string of the molecule is Cc1oc(C)c(S(=O)(=O)NC2CC3CCC2O3)c1CO. The quantitative estimate of drug-likeness (QED) is 0.865. The zero-order chi connectivity index (χ0) is 14.5. The van der Waals surface area contributed by atoms with Crippen LogP contribution in [-0.4, -0.2) is 31.8 Å². The molecule has 3 unspecified atom stereocenters. The van der Waals surface area contributed by atoms with Crippen LogP contribution in [0.5, 0.6) is 0 Å². The molecule has 112 valence electrons. The van der Waals surface area contributed by atoms with Crippen LogP contribution in [0.1, 0.15) is 36.3 Å². The van der Waals surface area contributed by atoms with Gasteiger partial charge in [0.2, 0.25) is 10.0 Å². The van der Waals surface area contributed by atoms with Crippen LogP contribution in [0.3, 0.4) is 0 Å². The van der Waals surface area contributed by atoms with Crippen molar-refractivity contribution in [3.63, 3.8) is 0 Å². The van der Waals surface area contributed by atoms with Gasteiger partial charge in [0.1, 0.15) is 16.4 Å². The van der Waals surface area contributed by atoms with Crippen molar-refractivity contribution < 1.29 is 22.7 Å². The first kappa shape index (κ1) is 14.1. The van der Waals surface area contributed by atoms with Gasteiger partial charge in [-0.2, -0.15) is 0 Å². The lowest BCUT2D eigenvalue weighted by atomic mass is 9.96. The van der Waals surface area contributed by atoms with Gasteiger partial charge < -0.3 is 14.3 Å². The van der Waals surface area contributed by atoms with Crippen LogP contribution in [-0.2, 0) is 21.4 Å². The Balaban J connectivity index is 1.89. The van der Waals surface area contributed by atoms with Gasteiger partial charge in [-0.15, -0.1) is 0 Å². The van der Waals surface area contributed by atoms with Gasteiger partial charge in [-0.05, 0) is 33.1 Å². The number of sulfonamides is 1. The van der Waals surface area contributed by atoms with E-state index in [1.165, 1.54) is 0 Å². The number of hydrogen-bond donors (Lipinski definition) is 2. The van der Waals surface area contributed by atoms with Crippen LogP contribution in [0.25, 0.3) is 0 Å². The number of ether oxygens (including phenoxy) is 1. The smallest absolute Gasteiger partial charge is 0.244 e. The van der Waals surface area contributed by atoms with Crippen LogP contribution in [0.2, 0.25) is 0 Å². The summed E-state index contributed by atoms with van der Waals surface area (Å²) in [5.74, 6) is 0.748. The molecule has 2 saturated heterocycles. The average molecular weight is 301 g/mol. The molecule has 2 fully saturated rings. The van der Waals surface area contributed by atoms with Gasteiger partial charge in [0.05, 0.1) is 24.9 Å². The Morgan fingerprint density at radius 1 is 1.30 bits per heavy atom. The van der Waals surface area contributed by atoms with Gasteiger partial charge in [-0.1, -0.05) is 0 Å². The number of aryl methyl sites for hydroxylation is 2. The second-order valence-electron chi connectivity index (χ2n) is 5.52. The van der Waals surface area contributed by atoms with E-state index in [2.05, 4.69) is 4.72 Å². The predicted octanol–water partition coefficient (Wildman–Crippen LogP) is 0.987. The molecule has 2 bridgehead atoms. The third-order valence-corrected chi connectivity index (χ3v) is 5.85. The fraction of sp³-hybridized carbons (Fsp3) is 0.692. The molecule has 1 aromatic heterocycles. The van der Waals surface area contributed by atoms with Crippen molar-refractivity contribution in [3.8, 4) is 0 Å². The lowest BCUT2D eigenvalue weighted by Crippen LogP contribution is -2.41. The standard InChI is InChI=1S/C13H19NO5S/c1-7-10(6-15)13(8(2)18-7)20(16,17)14-11-5-9-3-4-12(11)19-9/h9,11-12,14-15H,3-6H2,1-2H3. The maximum Gasteiger partial charge on any atom is 0.244 e. The lowest BCUT2D eigenvalue weighted by molar-refractivity contribution is 0.0996. The third-order valence-electron chi connectivity index (χ3n) is 4.16. The number of hydrogen-bond acceptors (Lipinski definition) is 5. The summed E-state index contributed by atoms with van der Waals surface area (Å²) >= 11 is 0. The van der Waals surface area contributed by atoms with Gasteiger partial charge in [0, 0.05) is 5.56 Å². The molecule has 3 atom stereocenters. The molecular formula is C13H19NO5S. The molecule has 3 heterocycles. The maximum absolute atomic E-state index is 12.5. The monoisotopic (exact) mass is 301 g/mol. The van der Waals surface area contributed by atoms with E-state index in [0.717, 1.165) is 12.8 Å². The van der Waals surface area contributed by atoms with E-state index >= 15 is 0 Å². The van der Waals surface area contributed by atoms with Crippen molar-refractivity contribution in [2.75, 3.05) is 0 Å². The third kappa shape index (κ3) is 2.18. The molecule has 6 nitrogen and oxygen atoms in total. The van der Waals surface area contributed by atoms with Crippen molar-refractivity contribution in [2.45, 2.75) is 62.9 Å². The van der Waals surface area contributed by atoms with E-state index in [9.17, 15) is 13.5 Å². The van der Waals surface area contributed by atoms with Gasteiger partial charge >= 0.3 is 0 Å². The largest absolute Gasteiger partial charge is 0.465 e. The topological polar surface area (TPSA) is 88.8 Å². The molecule has 0 aromatic carbocycles. The Bertz CT molecular complexity index is 621.